The number of hydrogen-bond donors (Lipinski definition) is 1. The van der Waals surface area contributed by atoms with Crippen LogP contribution in [-0.2, 0) is 13.2 Å². The molecule has 5 heteroatoms. The van der Waals surface area contributed by atoms with Crippen LogP contribution in [0.2, 0.25) is 5.02 Å². The Balaban J connectivity index is 1.86. The Hall–Kier alpha value is -0.970. The molecule has 1 aromatic carbocycles. The molecule has 0 saturated heterocycles. The highest BCUT2D eigenvalue weighted by Crippen LogP contribution is 2.28. The first kappa shape index (κ1) is 16.4. The number of rotatable bonds is 7. The summed E-state index contributed by atoms with van der Waals surface area (Å²) < 4.78 is 12.1. The Morgan fingerprint density at radius 2 is 2.14 bits per heavy atom. The lowest BCUT2D eigenvalue weighted by molar-refractivity contribution is 0.270. The molecule has 0 saturated carbocycles. The number of halogens is 2. The minimum Gasteiger partial charge on any atom is -0.484 e. The Kier molecular flexibility index (Phi) is 6.15. The summed E-state index contributed by atoms with van der Waals surface area (Å²) in [5.74, 6) is 2.06. The van der Waals surface area contributed by atoms with Crippen molar-refractivity contribution in [2.24, 2.45) is 5.92 Å². The van der Waals surface area contributed by atoms with Crippen LogP contribution >= 0.6 is 27.5 Å². The van der Waals surface area contributed by atoms with Crippen LogP contribution < -0.4 is 10.1 Å². The summed E-state index contributed by atoms with van der Waals surface area (Å²) in [5, 5.41) is 3.96. The van der Waals surface area contributed by atoms with Gasteiger partial charge in [0, 0.05) is 16.6 Å². The van der Waals surface area contributed by atoms with Crippen molar-refractivity contribution in [3.63, 3.8) is 0 Å². The van der Waals surface area contributed by atoms with Gasteiger partial charge in [0.15, 0.2) is 0 Å². The normalized spacial score (nSPS) is 11.1. The van der Waals surface area contributed by atoms with Crippen molar-refractivity contribution in [3.05, 3.63) is 51.3 Å². The van der Waals surface area contributed by atoms with E-state index in [0.29, 0.717) is 23.3 Å². The average molecular weight is 373 g/mol. The first-order chi connectivity index (χ1) is 10.0. The monoisotopic (exact) mass is 371 g/mol. The molecule has 0 radical (unpaired) electrons. The standard InChI is InChI=1S/C16H19BrClNO2/c1-11(2)7-19-8-12-5-14(20-9-12)10-21-16-6-13(17)3-4-15(16)18/h3-6,9,11,19H,7-8,10H2,1-2H3. The predicted molar refractivity (Wildman–Crippen MR) is 88.7 cm³/mol. The first-order valence-corrected chi connectivity index (χ1v) is 8.06. The Morgan fingerprint density at radius 3 is 2.90 bits per heavy atom. The summed E-state index contributed by atoms with van der Waals surface area (Å²) in [5.41, 5.74) is 1.12. The van der Waals surface area contributed by atoms with Crippen LogP contribution in [0.3, 0.4) is 0 Å². The fourth-order valence-electron chi connectivity index (χ4n) is 1.84. The number of furan rings is 1. The van der Waals surface area contributed by atoms with Crippen LogP contribution in [-0.4, -0.2) is 6.54 Å². The maximum atomic E-state index is 6.08. The largest absolute Gasteiger partial charge is 0.484 e. The summed E-state index contributed by atoms with van der Waals surface area (Å²) in [6.45, 7) is 6.52. The van der Waals surface area contributed by atoms with E-state index in [1.165, 1.54) is 0 Å². The molecule has 0 aliphatic rings. The van der Waals surface area contributed by atoms with Gasteiger partial charge < -0.3 is 14.5 Å². The van der Waals surface area contributed by atoms with E-state index in [9.17, 15) is 0 Å². The molecule has 1 aromatic heterocycles. The van der Waals surface area contributed by atoms with Crippen molar-refractivity contribution in [1.29, 1.82) is 0 Å². The van der Waals surface area contributed by atoms with Crippen LogP contribution in [0.5, 0.6) is 5.75 Å². The molecule has 0 aliphatic heterocycles. The molecule has 21 heavy (non-hydrogen) atoms. The maximum absolute atomic E-state index is 6.08. The third-order valence-corrected chi connectivity index (χ3v) is 3.66. The van der Waals surface area contributed by atoms with E-state index in [0.717, 1.165) is 28.9 Å². The molecule has 0 aliphatic carbocycles. The van der Waals surface area contributed by atoms with Gasteiger partial charge in [0.25, 0.3) is 0 Å². The predicted octanol–water partition coefficient (Wildman–Crippen LogP) is 5.02. The van der Waals surface area contributed by atoms with Crippen LogP contribution in [0, 0.1) is 5.92 Å². The quantitative estimate of drug-likeness (QED) is 0.741. The van der Waals surface area contributed by atoms with Gasteiger partial charge in [-0.25, -0.2) is 0 Å². The number of benzene rings is 1. The molecule has 2 rings (SSSR count). The molecule has 0 bridgehead atoms. The topological polar surface area (TPSA) is 34.4 Å². The van der Waals surface area contributed by atoms with Crippen LogP contribution in [0.15, 0.2) is 39.4 Å². The highest BCUT2D eigenvalue weighted by atomic mass is 79.9. The highest BCUT2D eigenvalue weighted by Gasteiger charge is 2.06. The van der Waals surface area contributed by atoms with Crippen molar-refractivity contribution >= 4 is 27.5 Å². The maximum Gasteiger partial charge on any atom is 0.146 e. The molecule has 0 fully saturated rings. The number of ether oxygens (including phenoxy) is 1. The van der Waals surface area contributed by atoms with Crippen molar-refractivity contribution in [1.82, 2.24) is 5.32 Å². The van der Waals surface area contributed by atoms with Crippen molar-refractivity contribution in [2.45, 2.75) is 27.0 Å². The second-order valence-corrected chi connectivity index (χ2v) is 6.63. The molecule has 0 atom stereocenters. The molecule has 114 valence electrons. The summed E-state index contributed by atoms with van der Waals surface area (Å²) in [7, 11) is 0. The van der Waals surface area contributed by atoms with Gasteiger partial charge in [0.1, 0.15) is 18.1 Å². The molecule has 2 aromatic rings. The molecular formula is C16H19BrClNO2. The van der Waals surface area contributed by atoms with Crippen LogP contribution in [0.4, 0.5) is 0 Å². The van der Waals surface area contributed by atoms with Crippen molar-refractivity contribution in [3.8, 4) is 5.75 Å². The Labute approximate surface area is 138 Å². The van der Waals surface area contributed by atoms with Crippen LogP contribution in [0.25, 0.3) is 0 Å². The van der Waals surface area contributed by atoms with Gasteiger partial charge in [-0.3, -0.25) is 0 Å². The highest BCUT2D eigenvalue weighted by molar-refractivity contribution is 9.10. The molecule has 3 nitrogen and oxygen atoms in total. The minimum atomic E-state index is 0.361. The van der Waals surface area contributed by atoms with Gasteiger partial charge in [0.05, 0.1) is 11.3 Å². The zero-order valence-corrected chi connectivity index (χ0v) is 14.5. The van der Waals surface area contributed by atoms with Crippen LogP contribution in [0.1, 0.15) is 25.2 Å². The second kappa shape index (κ2) is 7.87. The molecule has 0 amide bonds. The van der Waals surface area contributed by atoms with E-state index in [1.807, 2.05) is 18.2 Å². The zero-order chi connectivity index (χ0) is 15.2. The van der Waals surface area contributed by atoms with Gasteiger partial charge in [-0.15, -0.1) is 0 Å². The Morgan fingerprint density at radius 1 is 1.33 bits per heavy atom. The van der Waals surface area contributed by atoms with Crippen molar-refractivity contribution in [2.75, 3.05) is 6.54 Å². The summed E-state index contributed by atoms with van der Waals surface area (Å²) in [6.07, 6.45) is 1.76. The summed E-state index contributed by atoms with van der Waals surface area (Å²) >= 11 is 9.48. The minimum absolute atomic E-state index is 0.361. The summed E-state index contributed by atoms with van der Waals surface area (Å²) in [4.78, 5) is 0. The summed E-state index contributed by atoms with van der Waals surface area (Å²) in [6, 6.07) is 7.51. The lowest BCUT2D eigenvalue weighted by atomic mass is 10.2. The average Bonchev–Trinajstić information content (AvgIpc) is 2.87. The van der Waals surface area contributed by atoms with E-state index in [1.54, 1.807) is 12.3 Å². The van der Waals surface area contributed by atoms with E-state index < -0.39 is 0 Å². The van der Waals surface area contributed by atoms with Gasteiger partial charge >= 0.3 is 0 Å². The number of hydrogen-bond acceptors (Lipinski definition) is 3. The molecule has 0 spiro atoms. The van der Waals surface area contributed by atoms with Gasteiger partial charge in [0.2, 0.25) is 0 Å². The molecule has 1 N–H and O–H groups in total. The van der Waals surface area contributed by atoms with Gasteiger partial charge in [-0.05, 0) is 36.7 Å². The smallest absolute Gasteiger partial charge is 0.146 e. The fraction of sp³-hybridized carbons (Fsp3) is 0.375. The SMILES string of the molecule is CC(C)CNCc1coc(COc2cc(Br)ccc2Cl)c1. The van der Waals surface area contributed by atoms with Gasteiger partial charge in [-0.2, -0.15) is 0 Å². The third-order valence-electron chi connectivity index (χ3n) is 2.85. The molecular weight excluding hydrogens is 354 g/mol. The zero-order valence-electron chi connectivity index (χ0n) is 12.2. The Bertz CT molecular complexity index is 583. The van der Waals surface area contributed by atoms with Gasteiger partial charge in [-0.1, -0.05) is 41.4 Å². The molecule has 1 heterocycles. The second-order valence-electron chi connectivity index (χ2n) is 5.31. The first-order valence-electron chi connectivity index (χ1n) is 6.89. The fourth-order valence-corrected chi connectivity index (χ4v) is 2.35. The third kappa shape index (κ3) is 5.38. The lowest BCUT2D eigenvalue weighted by Gasteiger charge is -2.06. The lowest BCUT2D eigenvalue weighted by Crippen LogP contribution is -2.18. The van der Waals surface area contributed by atoms with E-state index in [4.69, 9.17) is 20.8 Å². The molecule has 0 unspecified atom stereocenters. The van der Waals surface area contributed by atoms with E-state index in [2.05, 4.69) is 35.1 Å². The number of nitrogens with one attached hydrogen (secondary N) is 1. The van der Waals surface area contributed by atoms with E-state index >= 15 is 0 Å². The van der Waals surface area contributed by atoms with Crippen molar-refractivity contribution < 1.29 is 9.15 Å². The van der Waals surface area contributed by atoms with E-state index in [-0.39, 0.29) is 0 Å².